The van der Waals surface area contributed by atoms with E-state index in [1.807, 2.05) is 45.0 Å². The van der Waals surface area contributed by atoms with Crippen LogP contribution in [0.1, 0.15) is 72.6 Å². The van der Waals surface area contributed by atoms with Crippen molar-refractivity contribution >= 4 is 23.0 Å². The molecule has 0 unspecified atom stereocenters. The van der Waals surface area contributed by atoms with Crippen LogP contribution < -0.4 is 5.56 Å². The molecule has 3 aliphatic rings. The van der Waals surface area contributed by atoms with Gasteiger partial charge in [-0.25, -0.2) is 19.1 Å². The summed E-state index contributed by atoms with van der Waals surface area (Å²) in [5, 5.41) is 50.6. The lowest BCUT2D eigenvalue weighted by Gasteiger charge is -2.35. The van der Waals surface area contributed by atoms with E-state index < -0.39 is 18.2 Å². The second-order valence-corrected chi connectivity index (χ2v) is 17.0. The van der Waals surface area contributed by atoms with Crippen LogP contribution in [-0.2, 0) is 40.4 Å². The molecule has 3 aromatic carbocycles. The first-order valence-electron chi connectivity index (χ1n) is 21.5. The summed E-state index contributed by atoms with van der Waals surface area (Å²) in [6, 6.07) is 17.1. The van der Waals surface area contributed by atoms with Gasteiger partial charge in [-0.1, -0.05) is 38.0 Å². The molecule has 9 rings (SSSR count). The number of esters is 1. The number of phenols is 3. The quantitative estimate of drug-likeness (QED) is 0.118. The number of hydrogen-bond acceptors (Lipinski definition) is 14. The number of carbonyl (C=O) groups is 2. The maximum Gasteiger partial charge on any atom is 0.410 e. The van der Waals surface area contributed by atoms with E-state index in [1.165, 1.54) is 15.5 Å². The Morgan fingerprint density at radius 1 is 0.922 bits per heavy atom. The van der Waals surface area contributed by atoms with Crippen LogP contribution in [0.15, 0.2) is 65.5 Å². The van der Waals surface area contributed by atoms with Gasteiger partial charge in [-0.3, -0.25) is 9.69 Å². The number of benzene rings is 3. The minimum Gasteiger partial charge on any atom is -0.508 e. The number of piperazine rings is 1. The Morgan fingerprint density at radius 2 is 1.67 bits per heavy atom. The van der Waals surface area contributed by atoms with E-state index in [0.29, 0.717) is 65.2 Å². The van der Waals surface area contributed by atoms with Crippen molar-refractivity contribution in [2.75, 3.05) is 46.3 Å². The number of cyclic esters (lactones) is 1. The third-order valence-corrected chi connectivity index (χ3v) is 12.6. The van der Waals surface area contributed by atoms with Crippen LogP contribution >= 0.6 is 0 Å². The fourth-order valence-electron chi connectivity index (χ4n) is 9.12. The topological polar surface area (TPSA) is 209 Å². The molecule has 0 aliphatic carbocycles. The summed E-state index contributed by atoms with van der Waals surface area (Å²) in [5.74, 6) is -0.552. The lowest BCUT2D eigenvalue weighted by molar-refractivity contribution is -0.158. The molecule has 6 heterocycles. The van der Waals surface area contributed by atoms with E-state index in [0.717, 1.165) is 61.3 Å². The van der Waals surface area contributed by atoms with E-state index in [4.69, 9.17) is 14.5 Å². The summed E-state index contributed by atoms with van der Waals surface area (Å²) in [7, 11) is 1.62. The lowest BCUT2D eigenvalue weighted by Crippen LogP contribution is -2.46. The van der Waals surface area contributed by atoms with Gasteiger partial charge in [0.25, 0.3) is 5.56 Å². The zero-order chi connectivity index (χ0) is 45.0. The molecular formula is C47H50N8O9. The molecule has 332 valence electrons. The highest BCUT2D eigenvalue weighted by atomic mass is 16.6. The van der Waals surface area contributed by atoms with Crippen LogP contribution in [-0.4, -0.2) is 118 Å². The summed E-state index contributed by atoms with van der Waals surface area (Å²) < 4.78 is 14.2. The minimum atomic E-state index is -1.40. The molecule has 3 aromatic heterocycles. The largest absolute Gasteiger partial charge is 0.508 e. The van der Waals surface area contributed by atoms with Gasteiger partial charge in [0, 0.05) is 68.9 Å². The third-order valence-electron chi connectivity index (χ3n) is 12.6. The zero-order valence-electron chi connectivity index (χ0n) is 36.1. The average molecular weight is 871 g/mol. The van der Waals surface area contributed by atoms with Crippen LogP contribution in [0.5, 0.6) is 23.3 Å². The summed E-state index contributed by atoms with van der Waals surface area (Å²) >= 11 is 0. The number of amides is 1. The highest BCUT2D eigenvalue weighted by Crippen LogP contribution is 2.41. The summed E-state index contributed by atoms with van der Waals surface area (Å²) in [6.07, 6.45) is -0.758. The minimum absolute atomic E-state index is 0.00751. The van der Waals surface area contributed by atoms with Gasteiger partial charge < -0.3 is 44.3 Å². The van der Waals surface area contributed by atoms with Crippen molar-refractivity contribution in [3.05, 3.63) is 104 Å². The predicted molar refractivity (Wildman–Crippen MR) is 235 cm³/mol. The third kappa shape index (κ3) is 7.74. The Hall–Kier alpha value is -6.98. The standard InChI is InChI=1S/C47H50N8O9/c1-5-30-32-19-29(56)11-12-37(32)48-41-35(30)24-54-38(41)21-33-36(44(54)59)25-63-45(60)42(33)64-47(62)51(4)13-6-14-52-15-17-53(18-16-52)23-27-7-9-28(10-8-27)55-43(49-50-46(55)61)34-20-31(26(2)3)39(57)22-40(34)58/h7-12,19-22,26,42,56-58H,5-6,13-18,23-25H2,1-4H3,(H,50,61)/t42-/m0/s1. The molecule has 17 nitrogen and oxygen atoms in total. The number of phenolic OH excluding ortho intramolecular Hbond substituents is 3. The van der Waals surface area contributed by atoms with Crippen LogP contribution in [0.2, 0.25) is 0 Å². The Bertz CT molecular complexity index is 2870. The first-order chi connectivity index (χ1) is 30.8. The number of aromatic hydroxyl groups is 4. The van der Waals surface area contributed by atoms with Gasteiger partial charge in [0.15, 0.2) is 5.82 Å². The van der Waals surface area contributed by atoms with Crippen LogP contribution in [0, 0.1) is 0 Å². The van der Waals surface area contributed by atoms with Crippen molar-refractivity contribution < 1.29 is 39.5 Å². The molecule has 0 bridgehead atoms. The molecule has 1 fully saturated rings. The molecule has 1 amide bonds. The second kappa shape index (κ2) is 17.0. The monoisotopic (exact) mass is 870 g/mol. The van der Waals surface area contributed by atoms with Crippen molar-refractivity contribution in [2.45, 2.75) is 65.3 Å². The summed E-state index contributed by atoms with van der Waals surface area (Å²) in [4.78, 5) is 51.4. The number of fused-ring (bicyclic) bond motifs is 5. The first-order valence-corrected chi connectivity index (χ1v) is 21.5. The van der Waals surface area contributed by atoms with Crippen molar-refractivity contribution in [3.8, 4) is 51.7 Å². The fraction of sp³-hybridized carbons (Fsp3) is 0.362. The van der Waals surface area contributed by atoms with Gasteiger partial charge in [0.1, 0.15) is 23.9 Å². The molecule has 1 saturated heterocycles. The summed E-state index contributed by atoms with van der Waals surface area (Å²) in [6.45, 7) is 11.2. The number of aryl methyl sites for hydroxylation is 1. The SMILES string of the molecule is CCc1c2c(nc3ccc(O)cc13)-c1cc3c(c(=O)n1C2)COC(=O)[C@H]3OC(=O)N(C)CCCN1CCN(Cc2ccc(-n3c(O)nnc3-c3cc(C(C)C)c(O)cc3O)cc2)CC1. The molecule has 4 N–H and O–H groups in total. The van der Waals surface area contributed by atoms with Crippen LogP contribution in [0.25, 0.3) is 39.4 Å². The summed E-state index contributed by atoms with van der Waals surface area (Å²) in [5.41, 5.74) is 6.64. The van der Waals surface area contributed by atoms with Gasteiger partial charge in [0.2, 0.25) is 6.10 Å². The maximum atomic E-state index is 13.9. The number of rotatable bonds is 11. The van der Waals surface area contributed by atoms with E-state index in [-0.39, 0.29) is 52.7 Å². The Balaban J connectivity index is 0.785. The van der Waals surface area contributed by atoms with Crippen LogP contribution in [0.3, 0.4) is 0 Å². The second-order valence-electron chi connectivity index (χ2n) is 17.0. The van der Waals surface area contributed by atoms with Crippen molar-refractivity contribution in [1.29, 1.82) is 0 Å². The molecular weight excluding hydrogens is 821 g/mol. The van der Waals surface area contributed by atoms with Crippen molar-refractivity contribution in [2.24, 2.45) is 0 Å². The van der Waals surface area contributed by atoms with E-state index in [2.05, 4.69) is 20.0 Å². The number of ether oxygens (including phenoxy) is 2. The number of nitrogens with zero attached hydrogens (tertiary/aromatic N) is 8. The number of pyridine rings is 2. The maximum absolute atomic E-state index is 13.9. The molecule has 1 atom stereocenters. The van der Waals surface area contributed by atoms with Gasteiger partial charge in [-0.15, -0.1) is 5.10 Å². The number of hydrogen-bond donors (Lipinski definition) is 4. The van der Waals surface area contributed by atoms with Gasteiger partial charge in [-0.2, -0.15) is 0 Å². The molecule has 3 aliphatic heterocycles. The first kappa shape index (κ1) is 42.3. The molecule has 17 heteroatoms. The average Bonchev–Trinajstić information content (AvgIpc) is 3.84. The van der Waals surface area contributed by atoms with Gasteiger partial charge in [0.05, 0.1) is 40.3 Å². The van der Waals surface area contributed by atoms with E-state index >= 15 is 0 Å². The molecule has 6 aromatic rings. The molecule has 0 saturated carbocycles. The molecule has 0 radical (unpaired) electrons. The van der Waals surface area contributed by atoms with Crippen LogP contribution in [0.4, 0.5) is 4.79 Å². The Morgan fingerprint density at radius 3 is 2.41 bits per heavy atom. The van der Waals surface area contributed by atoms with E-state index in [1.54, 1.807) is 41.9 Å². The number of carbonyl (C=O) groups excluding carboxylic acids is 2. The molecule has 0 spiro atoms. The van der Waals surface area contributed by atoms with Crippen molar-refractivity contribution in [1.82, 2.24) is 39.0 Å². The highest BCUT2D eigenvalue weighted by molar-refractivity contribution is 5.89. The van der Waals surface area contributed by atoms with Crippen molar-refractivity contribution in [3.63, 3.8) is 0 Å². The zero-order valence-corrected chi connectivity index (χ0v) is 36.1. The smallest absolute Gasteiger partial charge is 0.410 e. The Kier molecular flexibility index (Phi) is 11.2. The fourth-order valence-corrected chi connectivity index (χ4v) is 9.12. The predicted octanol–water partition coefficient (Wildman–Crippen LogP) is 5.56. The lowest BCUT2D eigenvalue weighted by atomic mass is 9.97. The normalized spacial score (nSPS) is 16.1. The number of aromatic nitrogens is 5. The molecule has 64 heavy (non-hydrogen) atoms. The van der Waals surface area contributed by atoms with Gasteiger partial charge >= 0.3 is 18.1 Å². The Labute approximate surface area is 368 Å². The van der Waals surface area contributed by atoms with Gasteiger partial charge in [-0.05, 0) is 84.5 Å². The highest BCUT2D eigenvalue weighted by Gasteiger charge is 2.38. The van der Waals surface area contributed by atoms with E-state index in [9.17, 15) is 34.8 Å².